The van der Waals surface area contributed by atoms with E-state index in [1.807, 2.05) is 55.5 Å². The van der Waals surface area contributed by atoms with E-state index in [1.54, 1.807) is 0 Å². The number of ether oxygens (including phenoxy) is 1. The first kappa shape index (κ1) is 16.1. The van der Waals surface area contributed by atoms with Gasteiger partial charge >= 0.3 is 0 Å². The van der Waals surface area contributed by atoms with Crippen LogP contribution in [0.15, 0.2) is 48.5 Å². The molecule has 0 saturated carbocycles. The van der Waals surface area contributed by atoms with Crippen LogP contribution in [0.5, 0.6) is 5.75 Å². The van der Waals surface area contributed by atoms with Crippen LogP contribution in [0.3, 0.4) is 0 Å². The number of nitrogens with one attached hydrogen (secondary N) is 1. The Labute approximate surface area is 132 Å². The first-order valence-electron chi connectivity index (χ1n) is 7.55. The molecule has 0 radical (unpaired) electrons. The topological polar surface area (TPSA) is 38.3 Å². The second-order valence-electron chi connectivity index (χ2n) is 6.21. The van der Waals surface area contributed by atoms with Crippen LogP contribution in [0.25, 0.3) is 0 Å². The van der Waals surface area contributed by atoms with E-state index in [9.17, 15) is 4.79 Å². The number of anilines is 1. The minimum Gasteiger partial charge on any atom is -0.492 e. The van der Waals surface area contributed by atoms with Crippen molar-refractivity contribution >= 4 is 11.6 Å². The maximum atomic E-state index is 12.4. The van der Waals surface area contributed by atoms with E-state index in [0.29, 0.717) is 23.6 Å². The summed E-state index contributed by atoms with van der Waals surface area (Å²) in [5, 5.41) is 2.91. The first-order chi connectivity index (χ1) is 10.4. The summed E-state index contributed by atoms with van der Waals surface area (Å²) in [7, 11) is 0. The Morgan fingerprint density at radius 2 is 1.68 bits per heavy atom. The van der Waals surface area contributed by atoms with E-state index in [-0.39, 0.29) is 11.3 Å². The number of carbonyl (C=O) groups is 1. The predicted molar refractivity (Wildman–Crippen MR) is 90.7 cm³/mol. The van der Waals surface area contributed by atoms with Crippen molar-refractivity contribution in [3.8, 4) is 5.75 Å². The molecule has 3 nitrogen and oxygen atoms in total. The van der Waals surface area contributed by atoms with Crippen molar-refractivity contribution in [2.24, 2.45) is 0 Å². The standard InChI is InChI=1S/C19H23NO2/c1-5-22-17-9-7-6-8-16(17)20-18(21)14-10-12-15(13-11-14)19(2,3)4/h6-13H,5H2,1-4H3,(H,20,21). The van der Waals surface area contributed by atoms with Gasteiger partial charge < -0.3 is 10.1 Å². The zero-order valence-corrected chi connectivity index (χ0v) is 13.6. The molecule has 0 fully saturated rings. The summed E-state index contributed by atoms with van der Waals surface area (Å²) in [5.74, 6) is 0.553. The summed E-state index contributed by atoms with van der Waals surface area (Å²) in [5.41, 5.74) is 2.61. The highest BCUT2D eigenvalue weighted by molar-refractivity contribution is 6.05. The van der Waals surface area contributed by atoms with Crippen molar-refractivity contribution in [1.29, 1.82) is 0 Å². The average Bonchev–Trinajstić information content (AvgIpc) is 2.49. The second kappa shape index (κ2) is 6.65. The molecule has 0 saturated heterocycles. The summed E-state index contributed by atoms with van der Waals surface area (Å²) >= 11 is 0. The van der Waals surface area contributed by atoms with Crippen LogP contribution < -0.4 is 10.1 Å². The Morgan fingerprint density at radius 1 is 1.05 bits per heavy atom. The van der Waals surface area contributed by atoms with Crippen LogP contribution in [-0.2, 0) is 5.41 Å². The van der Waals surface area contributed by atoms with E-state index in [2.05, 4.69) is 26.1 Å². The number of hydrogen-bond acceptors (Lipinski definition) is 2. The summed E-state index contributed by atoms with van der Waals surface area (Å²) in [6, 6.07) is 15.2. The predicted octanol–water partition coefficient (Wildman–Crippen LogP) is 4.64. The molecular weight excluding hydrogens is 274 g/mol. The molecule has 116 valence electrons. The molecule has 2 rings (SSSR count). The lowest BCUT2D eigenvalue weighted by atomic mass is 9.87. The minimum absolute atomic E-state index is 0.0799. The summed E-state index contributed by atoms with van der Waals surface area (Å²) < 4.78 is 5.52. The number of carbonyl (C=O) groups excluding carboxylic acids is 1. The highest BCUT2D eigenvalue weighted by Crippen LogP contribution is 2.25. The molecule has 2 aromatic carbocycles. The number of rotatable bonds is 4. The Morgan fingerprint density at radius 3 is 2.27 bits per heavy atom. The SMILES string of the molecule is CCOc1ccccc1NC(=O)c1ccc(C(C)(C)C)cc1. The zero-order valence-electron chi connectivity index (χ0n) is 13.6. The number of amides is 1. The monoisotopic (exact) mass is 297 g/mol. The molecule has 0 aliphatic carbocycles. The lowest BCUT2D eigenvalue weighted by Crippen LogP contribution is -2.15. The molecule has 0 bridgehead atoms. The average molecular weight is 297 g/mol. The van der Waals surface area contributed by atoms with E-state index < -0.39 is 0 Å². The van der Waals surface area contributed by atoms with Gasteiger partial charge in [-0.1, -0.05) is 45.0 Å². The highest BCUT2D eigenvalue weighted by Gasteiger charge is 2.15. The van der Waals surface area contributed by atoms with Gasteiger partial charge in [0.25, 0.3) is 5.91 Å². The van der Waals surface area contributed by atoms with Gasteiger partial charge in [0.15, 0.2) is 0 Å². The Hall–Kier alpha value is -2.29. The lowest BCUT2D eigenvalue weighted by Gasteiger charge is -2.19. The molecule has 0 unspecified atom stereocenters. The molecule has 1 N–H and O–H groups in total. The summed E-state index contributed by atoms with van der Waals surface area (Å²) in [4.78, 5) is 12.4. The number of benzene rings is 2. The third kappa shape index (κ3) is 3.88. The Kier molecular flexibility index (Phi) is 4.86. The molecule has 0 heterocycles. The van der Waals surface area contributed by atoms with E-state index in [1.165, 1.54) is 5.56 Å². The summed E-state index contributed by atoms with van der Waals surface area (Å²) in [6.07, 6.45) is 0. The zero-order chi connectivity index (χ0) is 16.2. The van der Waals surface area contributed by atoms with Gasteiger partial charge in [-0.2, -0.15) is 0 Å². The summed E-state index contributed by atoms with van der Waals surface area (Å²) in [6.45, 7) is 8.94. The van der Waals surface area contributed by atoms with Crippen molar-refractivity contribution < 1.29 is 9.53 Å². The van der Waals surface area contributed by atoms with E-state index >= 15 is 0 Å². The largest absolute Gasteiger partial charge is 0.492 e. The van der Waals surface area contributed by atoms with Gasteiger partial charge in [-0.3, -0.25) is 4.79 Å². The molecule has 0 aliphatic rings. The molecular formula is C19H23NO2. The van der Waals surface area contributed by atoms with Crippen LogP contribution in [-0.4, -0.2) is 12.5 Å². The van der Waals surface area contributed by atoms with Gasteiger partial charge in [0.1, 0.15) is 5.75 Å². The molecule has 0 aromatic heterocycles. The van der Waals surface area contributed by atoms with Crippen LogP contribution in [0.2, 0.25) is 0 Å². The van der Waals surface area contributed by atoms with Gasteiger partial charge in [-0.15, -0.1) is 0 Å². The quantitative estimate of drug-likeness (QED) is 0.893. The van der Waals surface area contributed by atoms with Crippen molar-refractivity contribution in [1.82, 2.24) is 0 Å². The number of hydrogen-bond donors (Lipinski definition) is 1. The molecule has 3 heteroatoms. The normalized spacial score (nSPS) is 11.1. The van der Waals surface area contributed by atoms with Gasteiger partial charge in [0, 0.05) is 5.56 Å². The fourth-order valence-corrected chi connectivity index (χ4v) is 2.17. The Balaban J connectivity index is 2.16. The fraction of sp³-hybridized carbons (Fsp3) is 0.316. The molecule has 0 aliphatic heterocycles. The van der Waals surface area contributed by atoms with Gasteiger partial charge in [0.2, 0.25) is 0 Å². The molecule has 22 heavy (non-hydrogen) atoms. The van der Waals surface area contributed by atoms with Crippen LogP contribution in [0, 0.1) is 0 Å². The van der Waals surface area contributed by atoms with Crippen LogP contribution in [0.4, 0.5) is 5.69 Å². The van der Waals surface area contributed by atoms with Crippen molar-refractivity contribution in [2.45, 2.75) is 33.1 Å². The molecule has 0 atom stereocenters. The maximum Gasteiger partial charge on any atom is 0.255 e. The van der Waals surface area contributed by atoms with Gasteiger partial charge in [0.05, 0.1) is 12.3 Å². The van der Waals surface area contributed by atoms with Gasteiger partial charge in [-0.05, 0) is 42.2 Å². The molecule has 1 amide bonds. The molecule has 0 spiro atoms. The van der Waals surface area contributed by atoms with Crippen molar-refractivity contribution in [3.05, 3.63) is 59.7 Å². The van der Waals surface area contributed by atoms with E-state index in [0.717, 1.165) is 0 Å². The van der Waals surface area contributed by atoms with E-state index in [4.69, 9.17) is 4.74 Å². The minimum atomic E-state index is -0.132. The Bertz CT molecular complexity index is 639. The maximum absolute atomic E-state index is 12.4. The van der Waals surface area contributed by atoms with Crippen LogP contribution >= 0.6 is 0 Å². The fourth-order valence-electron chi connectivity index (χ4n) is 2.17. The first-order valence-corrected chi connectivity index (χ1v) is 7.55. The van der Waals surface area contributed by atoms with Gasteiger partial charge in [-0.25, -0.2) is 0 Å². The third-order valence-electron chi connectivity index (χ3n) is 3.45. The highest BCUT2D eigenvalue weighted by atomic mass is 16.5. The van der Waals surface area contributed by atoms with Crippen molar-refractivity contribution in [3.63, 3.8) is 0 Å². The smallest absolute Gasteiger partial charge is 0.255 e. The van der Waals surface area contributed by atoms with Crippen molar-refractivity contribution in [2.75, 3.05) is 11.9 Å². The second-order valence-corrected chi connectivity index (χ2v) is 6.21. The third-order valence-corrected chi connectivity index (χ3v) is 3.45. The lowest BCUT2D eigenvalue weighted by molar-refractivity contribution is 0.102. The number of para-hydroxylation sites is 2. The van der Waals surface area contributed by atoms with Crippen LogP contribution in [0.1, 0.15) is 43.6 Å². The molecule has 2 aromatic rings.